The number of halogens is 2. The molecule has 0 aromatic heterocycles. The molecule has 2 fully saturated rings. The lowest BCUT2D eigenvalue weighted by molar-refractivity contribution is -0.136. The largest absolute Gasteiger partial charge is 0.336 e. The van der Waals surface area contributed by atoms with Crippen LogP contribution < -0.4 is 0 Å². The molecule has 3 rings (SSSR count). The number of hydrogen-bond donors (Lipinski definition) is 0. The van der Waals surface area contributed by atoms with Crippen molar-refractivity contribution in [3.05, 3.63) is 34.6 Å². The molecular formula is C16H20ClFN2O3S. The summed E-state index contributed by atoms with van der Waals surface area (Å²) >= 11 is 6.00. The minimum absolute atomic E-state index is 0.0110. The SMILES string of the molecule is CCN1CCN(C(=O)Cc2ccc(F)cc2Cl)[C@@H]2CS(=O)(=O)C[C@@H]21. The highest BCUT2D eigenvalue weighted by Crippen LogP contribution is 2.28. The van der Waals surface area contributed by atoms with Crippen LogP contribution in [0.2, 0.25) is 5.02 Å². The summed E-state index contributed by atoms with van der Waals surface area (Å²) in [6.45, 7) is 3.93. The molecular weight excluding hydrogens is 355 g/mol. The molecule has 0 radical (unpaired) electrons. The van der Waals surface area contributed by atoms with E-state index in [1.54, 1.807) is 4.90 Å². The Kier molecular flexibility index (Phi) is 4.86. The second-order valence-electron chi connectivity index (χ2n) is 6.34. The van der Waals surface area contributed by atoms with Crippen molar-refractivity contribution in [3.63, 3.8) is 0 Å². The van der Waals surface area contributed by atoms with E-state index in [2.05, 4.69) is 4.90 Å². The van der Waals surface area contributed by atoms with Crippen molar-refractivity contribution in [1.29, 1.82) is 0 Å². The van der Waals surface area contributed by atoms with Crippen LogP contribution >= 0.6 is 11.6 Å². The number of likely N-dealkylation sites (N-methyl/N-ethyl adjacent to an activating group) is 1. The van der Waals surface area contributed by atoms with E-state index in [9.17, 15) is 17.6 Å². The average Bonchev–Trinajstić information content (AvgIpc) is 2.83. The maximum Gasteiger partial charge on any atom is 0.227 e. The summed E-state index contributed by atoms with van der Waals surface area (Å²) in [6, 6.07) is 3.51. The van der Waals surface area contributed by atoms with E-state index in [1.165, 1.54) is 18.2 Å². The number of sulfone groups is 1. The van der Waals surface area contributed by atoms with Crippen LogP contribution in [0.25, 0.3) is 0 Å². The van der Waals surface area contributed by atoms with Gasteiger partial charge in [-0.1, -0.05) is 24.6 Å². The van der Waals surface area contributed by atoms with Crippen LogP contribution in [-0.2, 0) is 21.1 Å². The van der Waals surface area contributed by atoms with E-state index >= 15 is 0 Å². The third-order valence-electron chi connectivity index (χ3n) is 4.87. The summed E-state index contributed by atoms with van der Waals surface area (Å²) in [4.78, 5) is 16.5. The molecule has 2 heterocycles. The summed E-state index contributed by atoms with van der Waals surface area (Å²) < 4.78 is 37.2. The van der Waals surface area contributed by atoms with Crippen LogP contribution in [0, 0.1) is 5.82 Å². The molecule has 1 aromatic rings. The summed E-state index contributed by atoms with van der Waals surface area (Å²) in [7, 11) is -3.14. The number of amides is 1. The van der Waals surface area contributed by atoms with Gasteiger partial charge in [-0.2, -0.15) is 0 Å². The van der Waals surface area contributed by atoms with E-state index < -0.39 is 15.7 Å². The highest BCUT2D eigenvalue weighted by Gasteiger charge is 2.47. The number of piperazine rings is 1. The molecule has 132 valence electrons. The fourth-order valence-electron chi connectivity index (χ4n) is 3.66. The topological polar surface area (TPSA) is 57.7 Å². The minimum Gasteiger partial charge on any atom is -0.336 e. The van der Waals surface area contributed by atoms with Crippen molar-refractivity contribution in [2.24, 2.45) is 0 Å². The molecule has 0 bridgehead atoms. The Hall–Kier alpha value is -1.18. The van der Waals surface area contributed by atoms with Crippen LogP contribution in [0.1, 0.15) is 12.5 Å². The normalized spacial score (nSPS) is 26.4. The monoisotopic (exact) mass is 374 g/mol. The fourth-order valence-corrected chi connectivity index (χ4v) is 5.90. The third kappa shape index (κ3) is 3.43. The van der Waals surface area contributed by atoms with Gasteiger partial charge in [-0.15, -0.1) is 0 Å². The van der Waals surface area contributed by atoms with Gasteiger partial charge in [0.2, 0.25) is 5.91 Å². The third-order valence-corrected chi connectivity index (χ3v) is 6.92. The standard InChI is InChI=1S/C16H20ClFN2O3S/c1-2-19-5-6-20(15-10-24(22,23)9-14(15)19)16(21)7-11-3-4-12(18)8-13(11)17/h3-4,8,14-15H,2,5-7,9-10H2,1H3/t14-,15+/m0/s1. The second-order valence-corrected chi connectivity index (χ2v) is 8.90. The molecule has 0 saturated carbocycles. The molecule has 2 saturated heterocycles. The summed E-state index contributed by atoms with van der Waals surface area (Å²) in [5, 5.41) is 0.214. The maximum atomic E-state index is 13.1. The minimum atomic E-state index is -3.14. The highest BCUT2D eigenvalue weighted by molar-refractivity contribution is 7.91. The molecule has 2 aliphatic heterocycles. The Morgan fingerprint density at radius 1 is 1.29 bits per heavy atom. The van der Waals surface area contributed by atoms with Gasteiger partial charge in [0, 0.05) is 24.2 Å². The fraction of sp³-hybridized carbons (Fsp3) is 0.562. The summed E-state index contributed by atoms with van der Waals surface area (Å²) in [6.07, 6.45) is 0.0501. The van der Waals surface area contributed by atoms with Gasteiger partial charge >= 0.3 is 0 Å². The smallest absolute Gasteiger partial charge is 0.227 e. The van der Waals surface area contributed by atoms with Gasteiger partial charge in [0.05, 0.1) is 24.0 Å². The molecule has 0 aliphatic carbocycles. The number of fused-ring (bicyclic) bond motifs is 1. The molecule has 5 nitrogen and oxygen atoms in total. The van der Waals surface area contributed by atoms with E-state index in [1.807, 2.05) is 6.92 Å². The first-order valence-electron chi connectivity index (χ1n) is 7.98. The Morgan fingerprint density at radius 2 is 2.00 bits per heavy atom. The van der Waals surface area contributed by atoms with Crippen molar-refractivity contribution in [2.45, 2.75) is 25.4 Å². The quantitative estimate of drug-likeness (QED) is 0.801. The van der Waals surface area contributed by atoms with Crippen LogP contribution in [0.3, 0.4) is 0 Å². The second kappa shape index (κ2) is 6.61. The highest BCUT2D eigenvalue weighted by atomic mass is 35.5. The first-order valence-corrected chi connectivity index (χ1v) is 10.2. The van der Waals surface area contributed by atoms with Crippen LogP contribution in [-0.4, -0.2) is 67.3 Å². The van der Waals surface area contributed by atoms with E-state index in [4.69, 9.17) is 11.6 Å². The first kappa shape index (κ1) is 17.6. The van der Waals surface area contributed by atoms with Gasteiger partial charge < -0.3 is 4.90 Å². The van der Waals surface area contributed by atoms with Crippen LogP contribution in [0.15, 0.2) is 18.2 Å². The zero-order valence-electron chi connectivity index (χ0n) is 13.4. The van der Waals surface area contributed by atoms with Crippen LogP contribution in [0.5, 0.6) is 0 Å². The average molecular weight is 375 g/mol. The zero-order valence-corrected chi connectivity index (χ0v) is 15.0. The number of hydrogen-bond acceptors (Lipinski definition) is 4. The lowest BCUT2D eigenvalue weighted by Crippen LogP contribution is -2.60. The molecule has 1 amide bonds. The van der Waals surface area contributed by atoms with Gasteiger partial charge in [-0.3, -0.25) is 9.69 Å². The Labute approximate surface area is 146 Å². The zero-order chi connectivity index (χ0) is 17.5. The molecule has 0 N–H and O–H groups in total. The maximum absolute atomic E-state index is 13.1. The molecule has 2 aliphatic rings. The molecule has 2 atom stereocenters. The number of nitrogens with zero attached hydrogens (tertiary/aromatic N) is 2. The molecule has 0 spiro atoms. The lowest BCUT2D eigenvalue weighted by Gasteiger charge is -2.43. The Balaban J connectivity index is 1.79. The van der Waals surface area contributed by atoms with E-state index in [0.29, 0.717) is 18.7 Å². The van der Waals surface area contributed by atoms with Gasteiger partial charge in [-0.05, 0) is 24.2 Å². The van der Waals surface area contributed by atoms with E-state index in [0.717, 1.165) is 6.54 Å². The van der Waals surface area contributed by atoms with Gasteiger partial charge in [0.1, 0.15) is 5.82 Å². The number of carbonyl (C=O) groups excluding carboxylic acids is 1. The summed E-state index contributed by atoms with van der Waals surface area (Å²) in [5.74, 6) is -0.495. The number of benzene rings is 1. The van der Waals surface area contributed by atoms with Crippen molar-refractivity contribution < 1.29 is 17.6 Å². The van der Waals surface area contributed by atoms with Crippen LogP contribution in [0.4, 0.5) is 4.39 Å². The van der Waals surface area contributed by atoms with Crippen molar-refractivity contribution in [2.75, 3.05) is 31.1 Å². The van der Waals surface area contributed by atoms with Crippen molar-refractivity contribution in [1.82, 2.24) is 9.80 Å². The number of carbonyl (C=O) groups is 1. The van der Waals surface area contributed by atoms with Gasteiger partial charge in [0.25, 0.3) is 0 Å². The van der Waals surface area contributed by atoms with Gasteiger partial charge in [0.15, 0.2) is 9.84 Å². The molecule has 8 heteroatoms. The molecule has 1 aromatic carbocycles. The first-order chi connectivity index (χ1) is 11.3. The van der Waals surface area contributed by atoms with Gasteiger partial charge in [-0.25, -0.2) is 12.8 Å². The predicted molar refractivity (Wildman–Crippen MR) is 90.3 cm³/mol. The van der Waals surface area contributed by atoms with Crippen molar-refractivity contribution >= 4 is 27.3 Å². The molecule has 0 unspecified atom stereocenters. The Morgan fingerprint density at radius 3 is 2.67 bits per heavy atom. The van der Waals surface area contributed by atoms with Crippen molar-refractivity contribution in [3.8, 4) is 0 Å². The Bertz CT molecular complexity index is 756. The van der Waals surface area contributed by atoms with E-state index in [-0.39, 0.29) is 40.9 Å². The number of rotatable bonds is 3. The summed E-state index contributed by atoms with van der Waals surface area (Å²) in [5.41, 5.74) is 0.554. The predicted octanol–water partition coefficient (Wildman–Crippen LogP) is 1.35. The lowest BCUT2D eigenvalue weighted by atomic mass is 10.0. The molecule has 24 heavy (non-hydrogen) atoms.